The molecular weight excluding hydrogens is 260 g/mol. The van der Waals surface area contributed by atoms with Gasteiger partial charge in [0.1, 0.15) is 0 Å². The summed E-state index contributed by atoms with van der Waals surface area (Å²) in [5, 5.41) is 12.3. The van der Waals surface area contributed by atoms with Crippen molar-refractivity contribution in [2.45, 2.75) is 64.5 Å². The molecule has 0 aromatic carbocycles. The predicted octanol–water partition coefficient (Wildman–Crippen LogP) is 3.14. The number of piperidine rings is 1. The van der Waals surface area contributed by atoms with Gasteiger partial charge < -0.3 is 10.2 Å². The number of hydrogen-bond acceptors (Lipinski definition) is 4. The summed E-state index contributed by atoms with van der Waals surface area (Å²) >= 11 is 0. The molecule has 0 radical (unpaired) electrons. The van der Waals surface area contributed by atoms with Crippen LogP contribution in [0, 0.1) is 5.92 Å². The van der Waals surface area contributed by atoms with Gasteiger partial charge in [0.2, 0.25) is 0 Å². The number of fused-ring (bicyclic) bond motifs is 1. The molecule has 1 saturated heterocycles. The van der Waals surface area contributed by atoms with Gasteiger partial charge in [0.25, 0.3) is 0 Å². The molecule has 4 heteroatoms. The molecule has 3 rings (SSSR count). The minimum Gasteiger partial charge on any atom is -0.352 e. The maximum absolute atomic E-state index is 4.51. The fourth-order valence-electron chi connectivity index (χ4n) is 3.90. The Labute approximate surface area is 128 Å². The van der Waals surface area contributed by atoms with Gasteiger partial charge in [-0.1, -0.05) is 19.8 Å². The first kappa shape index (κ1) is 14.8. The lowest BCUT2D eigenvalue weighted by atomic mass is 9.78. The van der Waals surface area contributed by atoms with Crippen LogP contribution in [0.1, 0.15) is 57.6 Å². The van der Waals surface area contributed by atoms with Crippen LogP contribution in [0.2, 0.25) is 0 Å². The van der Waals surface area contributed by atoms with E-state index in [1.807, 2.05) is 0 Å². The lowest BCUT2D eigenvalue weighted by molar-refractivity contribution is 0.242. The Morgan fingerprint density at radius 3 is 2.81 bits per heavy atom. The maximum Gasteiger partial charge on any atom is 0.151 e. The van der Waals surface area contributed by atoms with E-state index in [0.717, 1.165) is 43.5 Å². The Kier molecular flexibility index (Phi) is 5.07. The van der Waals surface area contributed by atoms with Crippen LogP contribution in [0.15, 0.2) is 12.1 Å². The summed E-state index contributed by atoms with van der Waals surface area (Å²) in [6.07, 6.45) is 9.42. The summed E-state index contributed by atoms with van der Waals surface area (Å²) in [5.74, 6) is 1.98. The third kappa shape index (κ3) is 3.54. The second-order valence-electron chi connectivity index (χ2n) is 6.51. The molecule has 1 saturated carbocycles. The first-order chi connectivity index (χ1) is 10.4. The third-order valence-corrected chi connectivity index (χ3v) is 4.98. The van der Waals surface area contributed by atoms with Crippen LogP contribution >= 0.6 is 0 Å². The number of hydrogen-bond donors (Lipinski definition) is 1. The van der Waals surface area contributed by atoms with Crippen molar-refractivity contribution in [3.05, 3.63) is 17.8 Å². The van der Waals surface area contributed by atoms with E-state index in [9.17, 15) is 0 Å². The van der Waals surface area contributed by atoms with Crippen molar-refractivity contribution in [3.8, 4) is 0 Å². The number of nitrogens with one attached hydrogen (secondary N) is 1. The van der Waals surface area contributed by atoms with Crippen LogP contribution in [0.5, 0.6) is 0 Å². The van der Waals surface area contributed by atoms with Crippen molar-refractivity contribution in [1.82, 2.24) is 15.5 Å². The molecule has 1 aromatic rings. The molecule has 0 spiro atoms. The standard InChI is InChI=1S/C17H28N4/c1-2-11-18-13-15-9-10-17(20-19-15)21-12-5-7-14-6-3-4-8-16(14)21/h9-10,14,16,18H,2-8,11-13H2,1H3. The van der Waals surface area contributed by atoms with Gasteiger partial charge in [-0.2, -0.15) is 5.10 Å². The molecule has 0 amide bonds. The quantitative estimate of drug-likeness (QED) is 0.845. The van der Waals surface area contributed by atoms with Crippen LogP contribution in [-0.4, -0.2) is 29.3 Å². The SMILES string of the molecule is CCCNCc1ccc(N2CCCC3CCCCC32)nn1. The number of anilines is 1. The molecule has 1 aromatic heterocycles. The van der Waals surface area contributed by atoms with Gasteiger partial charge >= 0.3 is 0 Å². The summed E-state index contributed by atoms with van der Waals surface area (Å²) in [5.41, 5.74) is 1.05. The Morgan fingerprint density at radius 1 is 1.14 bits per heavy atom. The molecule has 2 unspecified atom stereocenters. The van der Waals surface area contributed by atoms with Crippen LogP contribution in [0.25, 0.3) is 0 Å². The van der Waals surface area contributed by atoms with Gasteiger partial charge in [-0.25, -0.2) is 0 Å². The Hall–Kier alpha value is -1.16. The predicted molar refractivity (Wildman–Crippen MR) is 86.4 cm³/mol. The van der Waals surface area contributed by atoms with Crippen LogP contribution < -0.4 is 10.2 Å². The highest BCUT2D eigenvalue weighted by atomic mass is 15.3. The zero-order valence-electron chi connectivity index (χ0n) is 13.2. The molecule has 1 N–H and O–H groups in total. The van der Waals surface area contributed by atoms with Crippen LogP contribution in [0.3, 0.4) is 0 Å². The molecule has 2 aliphatic rings. The van der Waals surface area contributed by atoms with E-state index in [4.69, 9.17) is 0 Å². The van der Waals surface area contributed by atoms with E-state index < -0.39 is 0 Å². The molecule has 116 valence electrons. The smallest absolute Gasteiger partial charge is 0.151 e. The summed E-state index contributed by atoms with van der Waals surface area (Å²) in [4.78, 5) is 2.53. The van der Waals surface area contributed by atoms with E-state index in [1.165, 1.54) is 38.5 Å². The molecule has 2 heterocycles. The zero-order chi connectivity index (χ0) is 14.5. The lowest BCUT2D eigenvalue weighted by Gasteiger charge is -2.44. The Morgan fingerprint density at radius 2 is 2.00 bits per heavy atom. The molecule has 4 nitrogen and oxygen atoms in total. The number of rotatable bonds is 5. The lowest BCUT2D eigenvalue weighted by Crippen LogP contribution is -2.47. The second-order valence-corrected chi connectivity index (χ2v) is 6.51. The van der Waals surface area contributed by atoms with Gasteiger partial charge in [-0.15, -0.1) is 5.10 Å². The van der Waals surface area contributed by atoms with Crippen LogP contribution in [0.4, 0.5) is 5.82 Å². The van der Waals surface area contributed by atoms with Crippen LogP contribution in [-0.2, 0) is 6.54 Å². The molecule has 2 atom stereocenters. The molecule has 2 fully saturated rings. The third-order valence-electron chi connectivity index (χ3n) is 4.98. The molecule has 21 heavy (non-hydrogen) atoms. The first-order valence-corrected chi connectivity index (χ1v) is 8.68. The summed E-state index contributed by atoms with van der Waals surface area (Å²) in [6, 6.07) is 5.02. The molecule has 0 bridgehead atoms. The zero-order valence-corrected chi connectivity index (χ0v) is 13.2. The second kappa shape index (κ2) is 7.21. The van der Waals surface area contributed by atoms with Crippen molar-refractivity contribution < 1.29 is 0 Å². The maximum atomic E-state index is 4.51. The van der Waals surface area contributed by atoms with Gasteiger partial charge in [-0.05, 0) is 56.7 Å². The summed E-state index contributed by atoms with van der Waals surface area (Å²) in [6.45, 7) is 5.20. The van der Waals surface area contributed by atoms with Gasteiger partial charge in [-0.3, -0.25) is 0 Å². The van der Waals surface area contributed by atoms with Crippen molar-refractivity contribution in [2.75, 3.05) is 18.0 Å². The highest BCUT2D eigenvalue weighted by Crippen LogP contribution is 2.36. The van der Waals surface area contributed by atoms with Crippen molar-refractivity contribution >= 4 is 5.82 Å². The highest BCUT2D eigenvalue weighted by molar-refractivity contribution is 5.40. The van der Waals surface area contributed by atoms with Gasteiger partial charge in [0.05, 0.1) is 5.69 Å². The largest absolute Gasteiger partial charge is 0.352 e. The molecule has 1 aliphatic heterocycles. The fraction of sp³-hybridized carbons (Fsp3) is 0.765. The van der Waals surface area contributed by atoms with E-state index in [-0.39, 0.29) is 0 Å². The van der Waals surface area contributed by atoms with E-state index in [0.29, 0.717) is 6.04 Å². The summed E-state index contributed by atoms with van der Waals surface area (Å²) in [7, 11) is 0. The topological polar surface area (TPSA) is 41.0 Å². The van der Waals surface area contributed by atoms with Gasteiger partial charge in [0, 0.05) is 19.1 Å². The van der Waals surface area contributed by atoms with Crippen molar-refractivity contribution in [1.29, 1.82) is 0 Å². The Bertz CT molecular complexity index is 429. The molecule has 1 aliphatic carbocycles. The summed E-state index contributed by atoms with van der Waals surface area (Å²) < 4.78 is 0. The Balaban J connectivity index is 1.65. The minimum absolute atomic E-state index is 0.714. The fourth-order valence-corrected chi connectivity index (χ4v) is 3.90. The monoisotopic (exact) mass is 288 g/mol. The molecular formula is C17H28N4. The number of nitrogens with zero attached hydrogens (tertiary/aromatic N) is 3. The van der Waals surface area contributed by atoms with E-state index >= 15 is 0 Å². The van der Waals surface area contributed by atoms with Crippen molar-refractivity contribution in [3.63, 3.8) is 0 Å². The first-order valence-electron chi connectivity index (χ1n) is 8.68. The normalized spacial score (nSPS) is 25.7. The van der Waals surface area contributed by atoms with E-state index in [1.54, 1.807) is 0 Å². The number of aromatic nitrogens is 2. The minimum atomic E-state index is 0.714. The van der Waals surface area contributed by atoms with Gasteiger partial charge in [0.15, 0.2) is 5.82 Å². The van der Waals surface area contributed by atoms with E-state index in [2.05, 4.69) is 39.5 Å². The average Bonchev–Trinajstić information content (AvgIpc) is 2.55. The highest BCUT2D eigenvalue weighted by Gasteiger charge is 2.33. The van der Waals surface area contributed by atoms with Crippen molar-refractivity contribution in [2.24, 2.45) is 5.92 Å². The average molecular weight is 288 g/mol.